The Labute approximate surface area is 293 Å². The Morgan fingerprint density at radius 1 is 0.857 bits per heavy atom. The van der Waals surface area contributed by atoms with Crippen molar-refractivity contribution in [2.75, 3.05) is 25.1 Å². The summed E-state index contributed by atoms with van der Waals surface area (Å²) in [7, 11) is 1.50. The molecule has 49 heavy (non-hydrogen) atoms. The molecule has 1 amide bonds. The van der Waals surface area contributed by atoms with Crippen molar-refractivity contribution in [1.82, 2.24) is 4.90 Å². The Balaban J connectivity index is 1.14. The minimum Gasteiger partial charge on any atom is -0.469 e. The van der Waals surface area contributed by atoms with Crippen molar-refractivity contribution >= 4 is 17.6 Å². The molecule has 3 fully saturated rings. The van der Waals surface area contributed by atoms with Crippen molar-refractivity contribution in [1.29, 1.82) is 0 Å². The van der Waals surface area contributed by atoms with Gasteiger partial charge in [-0.2, -0.15) is 0 Å². The fourth-order valence-corrected chi connectivity index (χ4v) is 9.51. The van der Waals surface area contributed by atoms with Crippen molar-refractivity contribution in [3.63, 3.8) is 0 Å². The molecule has 0 bridgehead atoms. The highest BCUT2D eigenvalue weighted by molar-refractivity contribution is 6.09. The Kier molecular flexibility index (Phi) is 8.80. The summed E-state index contributed by atoms with van der Waals surface area (Å²) in [6.07, 6.45) is 3.25. The van der Waals surface area contributed by atoms with Gasteiger partial charge in [0.05, 0.1) is 37.7 Å². The number of esters is 1. The van der Waals surface area contributed by atoms with E-state index in [1.165, 1.54) is 18.2 Å². The van der Waals surface area contributed by atoms with Crippen molar-refractivity contribution < 1.29 is 19.1 Å². The molecule has 0 N–H and O–H groups in total. The average molecular weight is 663 g/mol. The molecule has 2 saturated heterocycles. The number of nitrogens with zero attached hydrogens (tertiary/aromatic N) is 2. The number of anilines is 1. The third kappa shape index (κ3) is 6.03. The molecule has 1 aliphatic carbocycles. The van der Waals surface area contributed by atoms with Gasteiger partial charge in [-0.25, -0.2) is 0 Å². The van der Waals surface area contributed by atoms with Crippen LogP contribution in [0.5, 0.6) is 0 Å². The molecular formula is C43H54N2O4. The van der Waals surface area contributed by atoms with Gasteiger partial charge < -0.3 is 14.4 Å². The van der Waals surface area contributed by atoms with Crippen molar-refractivity contribution in [3.8, 4) is 0 Å². The highest BCUT2D eigenvalue weighted by Gasteiger charge is 2.63. The number of rotatable bonds is 6. The van der Waals surface area contributed by atoms with E-state index in [9.17, 15) is 9.59 Å². The molecule has 3 aromatic rings. The first-order valence-electron chi connectivity index (χ1n) is 18.3. The number of methoxy groups -OCH3 is 1. The zero-order valence-electron chi connectivity index (χ0n) is 30.5. The number of hydrogen-bond acceptors (Lipinski definition) is 5. The van der Waals surface area contributed by atoms with Gasteiger partial charge in [-0.05, 0) is 88.8 Å². The van der Waals surface area contributed by atoms with E-state index in [0.717, 1.165) is 61.2 Å². The lowest BCUT2D eigenvalue weighted by molar-refractivity contribution is -0.165. The predicted octanol–water partition coefficient (Wildman–Crippen LogP) is 7.95. The number of hydrogen-bond donors (Lipinski definition) is 0. The van der Waals surface area contributed by atoms with Gasteiger partial charge in [-0.1, -0.05) is 108 Å². The van der Waals surface area contributed by atoms with Crippen LogP contribution in [-0.2, 0) is 48.5 Å². The minimum atomic E-state index is -0.615. The van der Waals surface area contributed by atoms with E-state index >= 15 is 0 Å². The Morgan fingerprint density at radius 2 is 1.49 bits per heavy atom. The zero-order valence-corrected chi connectivity index (χ0v) is 30.5. The number of piperidine rings is 1. The summed E-state index contributed by atoms with van der Waals surface area (Å²) < 4.78 is 12.1. The molecule has 3 aromatic carbocycles. The smallest absolute Gasteiger partial charge is 0.311 e. The summed E-state index contributed by atoms with van der Waals surface area (Å²) in [5.74, 6) is 0.162. The Morgan fingerprint density at radius 3 is 2.12 bits per heavy atom. The molecule has 6 atom stereocenters. The normalized spacial score (nSPS) is 28.3. The van der Waals surface area contributed by atoms with E-state index in [1.54, 1.807) is 0 Å². The van der Waals surface area contributed by atoms with Crippen LogP contribution >= 0.6 is 0 Å². The number of carbonyl (C=O) groups is 2. The topological polar surface area (TPSA) is 59.1 Å². The number of amides is 1. The lowest BCUT2D eigenvalue weighted by Crippen LogP contribution is -2.58. The Hall–Kier alpha value is -3.48. The lowest BCUT2D eigenvalue weighted by atomic mass is 9.62. The monoisotopic (exact) mass is 662 g/mol. The summed E-state index contributed by atoms with van der Waals surface area (Å²) in [6, 6.07) is 25.9. The fraction of sp³-hybridized carbons (Fsp3) is 0.535. The quantitative estimate of drug-likeness (QED) is 0.251. The predicted molar refractivity (Wildman–Crippen MR) is 194 cm³/mol. The van der Waals surface area contributed by atoms with E-state index in [-0.39, 0.29) is 46.7 Å². The highest BCUT2D eigenvalue weighted by atomic mass is 16.5. The molecule has 6 nitrogen and oxygen atoms in total. The minimum absolute atomic E-state index is 0.0338. The molecular weight excluding hydrogens is 608 g/mol. The maximum Gasteiger partial charge on any atom is 0.311 e. The second kappa shape index (κ2) is 12.7. The maximum absolute atomic E-state index is 14.9. The third-order valence-electron chi connectivity index (χ3n) is 12.3. The van der Waals surface area contributed by atoms with Gasteiger partial charge in [0.1, 0.15) is 0 Å². The summed E-state index contributed by atoms with van der Waals surface area (Å²) in [4.78, 5) is 33.1. The lowest BCUT2D eigenvalue weighted by Gasteiger charge is -2.50. The summed E-state index contributed by atoms with van der Waals surface area (Å²) in [6.45, 7) is 16.2. The molecule has 3 aliphatic heterocycles. The van der Waals surface area contributed by atoms with Gasteiger partial charge >= 0.3 is 5.97 Å². The largest absolute Gasteiger partial charge is 0.469 e. The molecule has 6 heteroatoms. The van der Waals surface area contributed by atoms with Crippen LogP contribution in [0.1, 0.15) is 95.0 Å². The van der Waals surface area contributed by atoms with Crippen molar-refractivity contribution in [2.45, 2.75) is 109 Å². The standard InChI is InChI=1S/C43H54N2O4/c1-41(2,3)31-17-12-28(13-18-31)25-45-35-11-9-8-10-34(35)43(40(45)47)22-23-44-26-30-16-21-36(38(39(46)48-7)33(30)24-37(43)44)49-27-29-14-19-32(20-15-29)42(4,5)6/h8-15,17-20,30,33,36-38H,16,21-27H2,1-7H3/t30-,33-,36-,37-,38+,43-/m0/s1. The number of para-hydroxylation sites is 1. The van der Waals surface area contributed by atoms with Gasteiger partial charge in [0, 0.05) is 18.3 Å². The number of fused-ring (bicyclic) bond motifs is 5. The van der Waals surface area contributed by atoms with Gasteiger partial charge in [0.15, 0.2) is 0 Å². The maximum atomic E-state index is 14.9. The SMILES string of the molecule is COC(=O)[C@@H]1[C@H]2C[C@@H]3N(CC[C@@]34C(=O)N(Cc3ccc(C(C)(C)C)cc3)c3ccccc34)C[C@@H]2CC[C@@H]1OCc1ccc(C(C)(C)C)cc1. The number of carbonyl (C=O) groups excluding carboxylic acids is 2. The van der Waals surface area contributed by atoms with Crippen LogP contribution < -0.4 is 4.90 Å². The van der Waals surface area contributed by atoms with Crippen LogP contribution in [0.15, 0.2) is 72.8 Å². The first kappa shape index (κ1) is 34.0. The van der Waals surface area contributed by atoms with Crippen LogP contribution in [0.4, 0.5) is 5.69 Å². The second-order valence-electron chi connectivity index (χ2n) is 17.2. The fourth-order valence-electron chi connectivity index (χ4n) is 9.51. The highest BCUT2D eigenvalue weighted by Crippen LogP contribution is 2.56. The summed E-state index contributed by atoms with van der Waals surface area (Å²) in [5.41, 5.74) is 6.57. The van der Waals surface area contributed by atoms with Gasteiger partial charge in [0.25, 0.3) is 0 Å². The van der Waals surface area contributed by atoms with Gasteiger partial charge in [0.2, 0.25) is 5.91 Å². The zero-order chi connectivity index (χ0) is 34.7. The van der Waals surface area contributed by atoms with Crippen molar-refractivity contribution in [2.24, 2.45) is 17.8 Å². The van der Waals surface area contributed by atoms with E-state index in [1.807, 2.05) is 4.90 Å². The van der Waals surface area contributed by atoms with Crippen LogP contribution in [0.3, 0.4) is 0 Å². The van der Waals surface area contributed by atoms with Crippen LogP contribution in [-0.4, -0.2) is 49.1 Å². The van der Waals surface area contributed by atoms with E-state index < -0.39 is 5.41 Å². The van der Waals surface area contributed by atoms with Gasteiger partial charge in [-0.15, -0.1) is 0 Å². The molecule has 0 aromatic heterocycles. The third-order valence-corrected chi connectivity index (χ3v) is 12.3. The first-order valence-corrected chi connectivity index (χ1v) is 18.3. The molecule has 260 valence electrons. The van der Waals surface area contributed by atoms with E-state index in [0.29, 0.717) is 19.1 Å². The molecule has 0 unspecified atom stereocenters. The molecule has 1 spiro atoms. The number of ether oxygens (including phenoxy) is 2. The van der Waals surface area contributed by atoms with Crippen LogP contribution in [0.25, 0.3) is 0 Å². The average Bonchev–Trinajstić information content (AvgIpc) is 3.57. The molecule has 0 radical (unpaired) electrons. The number of benzene rings is 3. The first-order chi connectivity index (χ1) is 23.3. The summed E-state index contributed by atoms with van der Waals surface area (Å²) >= 11 is 0. The second-order valence-corrected chi connectivity index (χ2v) is 17.2. The van der Waals surface area contributed by atoms with E-state index in [4.69, 9.17) is 9.47 Å². The molecule has 1 saturated carbocycles. The molecule has 3 heterocycles. The van der Waals surface area contributed by atoms with Crippen LogP contribution in [0, 0.1) is 17.8 Å². The summed E-state index contributed by atoms with van der Waals surface area (Å²) in [5, 5.41) is 0. The van der Waals surface area contributed by atoms with Gasteiger partial charge in [-0.3, -0.25) is 14.5 Å². The molecule has 4 aliphatic rings. The van der Waals surface area contributed by atoms with Crippen molar-refractivity contribution in [3.05, 3.63) is 101 Å². The molecule has 7 rings (SSSR count). The Bertz CT molecular complexity index is 1680. The van der Waals surface area contributed by atoms with E-state index in [2.05, 4.69) is 119 Å². The van der Waals surface area contributed by atoms with Crippen LogP contribution in [0.2, 0.25) is 0 Å².